The first-order valence-corrected chi connectivity index (χ1v) is 7.34. The highest BCUT2D eigenvalue weighted by Crippen LogP contribution is 2.24. The summed E-state index contributed by atoms with van der Waals surface area (Å²) in [6.07, 6.45) is 3.63. The lowest BCUT2D eigenvalue weighted by molar-refractivity contribution is 0.0582. The van der Waals surface area contributed by atoms with Crippen LogP contribution in [0.2, 0.25) is 0 Å². The molecule has 0 aliphatic carbocycles. The van der Waals surface area contributed by atoms with Gasteiger partial charge in [-0.25, -0.2) is 14.8 Å². The van der Waals surface area contributed by atoms with Crippen LogP contribution in [0.25, 0.3) is 11.0 Å². The SMILES string of the molecule is COCC(C)n1c(C(=O)OC)cc2cnc(SC)nc21. The molecule has 0 spiro atoms. The number of ether oxygens (including phenoxy) is 2. The van der Waals surface area contributed by atoms with Crippen molar-refractivity contribution >= 4 is 28.8 Å². The Labute approximate surface area is 121 Å². The van der Waals surface area contributed by atoms with Gasteiger partial charge in [0, 0.05) is 18.7 Å². The quantitative estimate of drug-likeness (QED) is 0.478. The molecule has 2 heterocycles. The molecule has 2 rings (SSSR count). The lowest BCUT2D eigenvalue weighted by Crippen LogP contribution is -2.18. The van der Waals surface area contributed by atoms with Crippen LogP contribution in [-0.2, 0) is 9.47 Å². The van der Waals surface area contributed by atoms with Crippen molar-refractivity contribution in [1.29, 1.82) is 0 Å². The predicted octanol–water partition coefficient (Wildman–Crippen LogP) is 2.15. The van der Waals surface area contributed by atoms with Gasteiger partial charge in [0.05, 0.1) is 19.8 Å². The normalized spacial score (nSPS) is 12.6. The number of esters is 1. The monoisotopic (exact) mass is 295 g/mol. The van der Waals surface area contributed by atoms with Crippen molar-refractivity contribution in [2.75, 3.05) is 27.1 Å². The number of thioether (sulfide) groups is 1. The van der Waals surface area contributed by atoms with Gasteiger partial charge < -0.3 is 14.0 Å². The maximum absolute atomic E-state index is 11.9. The molecule has 2 aromatic heterocycles. The summed E-state index contributed by atoms with van der Waals surface area (Å²) in [5.41, 5.74) is 1.17. The minimum absolute atomic E-state index is 0.0313. The number of aromatic nitrogens is 3. The van der Waals surface area contributed by atoms with Gasteiger partial charge in [0.15, 0.2) is 5.16 Å². The molecule has 0 bridgehead atoms. The molecule has 7 heteroatoms. The van der Waals surface area contributed by atoms with Crippen molar-refractivity contribution in [1.82, 2.24) is 14.5 Å². The lowest BCUT2D eigenvalue weighted by Gasteiger charge is -2.16. The fourth-order valence-corrected chi connectivity index (χ4v) is 2.45. The van der Waals surface area contributed by atoms with Crippen molar-refractivity contribution in [3.63, 3.8) is 0 Å². The highest BCUT2D eigenvalue weighted by Gasteiger charge is 2.21. The molecule has 6 nitrogen and oxygen atoms in total. The number of methoxy groups -OCH3 is 2. The largest absolute Gasteiger partial charge is 0.464 e. The third kappa shape index (κ3) is 2.64. The van der Waals surface area contributed by atoms with Gasteiger partial charge in [-0.2, -0.15) is 0 Å². The first kappa shape index (κ1) is 14.8. The fraction of sp³-hybridized carbons (Fsp3) is 0.462. The van der Waals surface area contributed by atoms with E-state index in [2.05, 4.69) is 9.97 Å². The number of nitrogens with zero attached hydrogens (tertiary/aromatic N) is 3. The zero-order valence-corrected chi connectivity index (χ0v) is 12.7. The van der Waals surface area contributed by atoms with Crippen LogP contribution >= 0.6 is 11.8 Å². The number of hydrogen-bond donors (Lipinski definition) is 0. The second-order valence-corrected chi connectivity index (χ2v) is 5.10. The molecular formula is C13H17N3O3S. The third-order valence-electron chi connectivity index (χ3n) is 2.98. The number of carbonyl (C=O) groups is 1. The maximum atomic E-state index is 11.9. The van der Waals surface area contributed by atoms with Gasteiger partial charge in [0.25, 0.3) is 0 Å². The number of fused-ring (bicyclic) bond motifs is 1. The predicted molar refractivity (Wildman–Crippen MR) is 77.2 cm³/mol. The minimum Gasteiger partial charge on any atom is -0.464 e. The summed E-state index contributed by atoms with van der Waals surface area (Å²) in [5.74, 6) is -0.392. The van der Waals surface area contributed by atoms with Crippen molar-refractivity contribution in [2.45, 2.75) is 18.1 Å². The maximum Gasteiger partial charge on any atom is 0.354 e. The molecular weight excluding hydrogens is 278 g/mol. The summed E-state index contributed by atoms with van der Waals surface area (Å²) in [5, 5.41) is 1.48. The number of rotatable bonds is 5. The van der Waals surface area contributed by atoms with E-state index in [-0.39, 0.29) is 6.04 Å². The lowest BCUT2D eigenvalue weighted by atomic mass is 10.3. The molecule has 20 heavy (non-hydrogen) atoms. The molecule has 0 saturated carbocycles. The molecule has 0 aromatic carbocycles. The van der Waals surface area contributed by atoms with E-state index in [4.69, 9.17) is 9.47 Å². The number of carbonyl (C=O) groups excluding carboxylic acids is 1. The highest BCUT2D eigenvalue weighted by atomic mass is 32.2. The molecule has 0 aliphatic rings. The van der Waals surface area contributed by atoms with Crippen LogP contribution in [0.15, 0.2) is 17.4 Å². The Bertz CT molecular complexity index is 627. The molecule has 0 saturated heterocycles. The zero-order valence-electron chi connectivity index (χ0n) is 11.9. The molecule has 1 unspecified atom stereocenters. The van der Waals surface area contributed by atoms with Crippen molar-refractivity contribution in [3.8, 4) is 0 Å². The molecule has 0 fully saturated rings. The Morgan fingerprint density at radius 1 is 1.50 bits per heavy atom. The van der Waals surface area contributed by atoms with E-state index in [9.17, 15) is 4.79 Å². The number of hydrogen-bond acceptors (Lipinski definition) is 6. The molecule has 0 N–H and O–H groups in total. The van der Waals surface area contributed by atoms with Crippen LogP contribution in [-0.4, -0.2) is 47.6 Å². The minimum atomic E-state index is -0.392. The van der Waals surface area contributed by atoms with Crippen LogP contribution in [0.5, 0.6) is 0 Å². The third-order valence-corrected chi connectivity index (χ3v) is 3.54. The van der Waals surface area contributed by atoms with Crippen LogP contribution in [0, 0.1) is 0 Å². The van der Waals surface area contributed by atoms with Gasteiger partial charge in [-0.05, 0) is 19.2 Å². The van der Waals surface area contributed by atoms with E-state index in [0.29, 0.717) is 23.1 Å². The van der Waals surface area contributed by atoms with Gasteiger partial charge in [-0.1, -0.05) is 11.8 Å². The van der Waals surface area contributed by atoms with Crippen LogP contribution < -0.4 is 0 Å². The average Bonchev–Trinajstić information content (AvgIpc) is 2.84. The van der Waals surface area contributed by atoms with Crippen LogP contribution in [0.1, 0.15) is 23.5 Å². The van der Waals surface area contributed by atoms with Crippen LogP contribution in [0.4, 0.5) is 0 Å². The summed E-state index contributed by atoms with van der Waals surface area (Å²) < 4.78 is 11.9. The Kier molecular flexibility index (Phi) is 4.61. The summed E-state index contributed by atoms with van der Waals surface area (Å²) >= 11 is 1.46. The topological polar surface area (TPSA) is 66.2 Å². The van der Waals surface area contributed by atoms with E-state index < -0.39 is 5.97 Å². The first-order valence-electron chi connectivity index (χ1n) is 6.11. The Hall–Kier alpha value is -1.60. The molecule has 0 amide bonds. The van der Waals surface area contributed by atoms with E-state index in [1.165, 1.54) is 18.9 Å². The summed E-state index contributed by atoms with van der Waals surface area (Å²) in [4.78, 5) is 20.6. The standard InChI is InChI=1S/C13H17N3O3S/c1-8(7-18-2)16-10(12(17)19-3)5-9-6-14-13(20-4)15-11(9)16/h5-6,8H,7H2,1-4H3. The molecule has 0 aliphatic heterocycles. The molecule has 2 aromatic rings. The van der Waals surface area contributed by atoms with Gasteiger partial charge in [-0.15, -0.1) is 0 Å². The van der Waals surface area contributed by atoms with Crippen molar-refractivity contribution in [2.24, 2.45) is 0 Å². The second kappa shape index (κ2) is 6.23. The Balaban J connectivity index is 2.65. The van der Waals surface area contributed by atoms with Gasteiger partial charge >= 0.3 is 5.97 Å². The Morgan fingerprint density at radius 2 is 2.25 bits per heavy atom. The molecule has 108 valence electrons. The van der Waals surface area contributed by atoms with Crippen molar-refractivity contribution < 1.29 is 14.3 Å². The van der Waals surface area contributed by atoms with Crippen LogP contribution in [0.3, 0.4) is 0 Å². The summed E-state index contributed by atoms with van der Waals surface area (Å²) in [7, 11) is 2.99. The molecule has 1 atom stereocenters. The highest BCUT2D eigenvalue weighted by molar-refractivity contribution is 7.98. The van der Waals surface area contributed by atoms with E-state index >= 15 is 0 Å². The average molecular weight is 295 g/mol. The van der Waals surface area contributed by atoms with Gasteiger partial charge in [-0.3, -0.25) is 0 Å². The van der Waals surface area contributed by atoms with Crippen molar-refractivity contribution in [3.05, 3.63) is 18.0 Å². The summed E-state index contributed by atoms with van der Waals surface area (Å²) in [6.45, 7) is 2.45. The van der Waals surface area contributed by atoms with Gasteiger partial charge in [0.2, 0.25) is 0 Å². The molecule has 0 radical (unpaired) electrons. The summed E-state index contributed by atoms with van der Waals surface area (Å²) in [6, 6.07) is 1.72. The zero-order chi connectivity index (χ0) is 14.7. The van der Waals surface area contributed by atoms with Gasteiger partial charge in [0.1, 0.15) is 11.3 Å². The first-order chi connectivity index (χ1) is 9.62. The Morgan fingerprint density at radius 3 is 2.85 bits per heavy atom. The van der Waals surface area contributed by atoms with E-state index in [0.717, 1.165) is 5.39 Å². The second-order valence-electron chi connectivity index (χ2n) is 4.33. The van der Waals surface area contributed by atoms with E-state index in [1.807, 2.05) is 17.7 Å². The fourth-order valence-electron chi connectivity index (χ4n) is 2.11. The smallest absolute Gasteiger partial charge is 0.354 e. The van der Waals surface area contributed by atoms with E-state index in [1.54, 1.807) is 19.4 Å².